The minimum Gasteiger partial charge on any atom is -0.480 e. The smallest absolute Gasteiger partial charge is 0.323 e. The fourth-order valence-electron chi connectivity index (χ4n) is 2.35. The van der Waals surface area contributed by atoms with E-state index in [1.165, 1.54) is 4.90 Å². The van der Waals surface area contributed by atoms with Gasteiger partial charge in [0.1, 0.15) is 6.54 Å². The maximum absolute atomic E-state index is 12.4. The Morgan fingerprint density at radius 3 is 2.29 bits per heavy atom. The molecule has 1 saturated carbocycles. The molecule has 1 N–H and O–H groups in total. The van der Waals surface area contributed by atoms with Gasteiger partial charge in [0.25, 0.3) is 5.91 Å². The molecule has 1 aromatic carbocycles. The highest BCUT2D eigenvalue weighted by Crippen LogP contribution is 2.28. The van der Waals surface area contributed by atoms with Crippen LogP contribution in [0.15, 0.2) is 48.8 Å². The van der Waals surface area contributed by atoms with Crippen molar-refractivity contribution in [1.29, 1.82) is 0 Å². The van der Waals surface area contributed by atoms with Crippen LogP contribution in [0.1, 0.15) is 23.2 Å². The van der Waals surface area contributed by atoms with Crippen molar-refractivity contribution in [2.24, 2.45) is 0 Å². The second kappa shape index (κ2) is 5.44. The number of aromatic nitrogens is 1. The Hall–Kier alpha value is -2.56. The van der Waals surface area contributed by atoms with Crippen molar-refractivity contribution < 1.29 is 14.7 Å². The van der Waals surface area contributed by atoms with Gasteiger partial charge < -0.3 is 14.6 Å². The molecule has 3 rings (SSSR count). The van der Waals surface area contributed by atoms with E-state index in [0.29, 0.717) is 5.56 Å². The molecule has 1 heterocycles. The third kappa shape index (κ3) is 2.97. The molecule has 0 aliphatic heterocycles. The molecule has 1 fully saturated rings. The Labute approximate surface area is 122 Å². The number of carbonyl (C=O) groups excluding carboxylic acids is 1. The number of carboxylic acids is 1. The molecule has 5 nitrogen and oxygen atoms in total. The van der Waals surface area contributed by atoms with E-state index in [9.17, 15) is 9.59 Å². The van der Waals surface area contributed by atoms with Gasteiger partial charge in [-0.15, -0.1) is 0 Å². The summed E-state index contributed by atoms with van der Waals surface area (Å²) in [5.41, 5.74) is 1.49. The molecule has 1 aliphatic rings. The van der Waals surface area contributed by atoms with Crippen LogP contribution in [0.4, 0.5) is 0 Å². The average molecular weight is 284 g/mol. The number of hydrogen-bond donors (Lipinski definition) is 1. The molecule has 0 saturated heterocycles. The number of rotatable bonds is 5. The number of aliphatic carboxylic acids is 1. The second-order valence-corrected chi connectivity index (χ2v) is 5.20. The molecule has 1 amide bonds. The van der Waals surface area contributed by atoms with E-state index in [-0.39, 0.29) is 18.5 Å². The molecule has 0 bridgehead atoms. The Kier molecular flexibility index (Phi) is 3.48. The Balaban J connectivity index is 1.79. The van der Waals surface area contributed by atoms with Crippen LogP contribution in [0.25, 0.3) is 5.69 Å². The quantitative estimate of drug-likeness (QED) is 0.915. The van der Waals surface area contributed by atoms with Crippen LogP contribution in [0.2, 0.25) is 0 Å². The maximum atomic E-state index is 12.4. The Morgan fingerprint density at radius 1 is 1.14 bits per heavy atom. The molecule has 0 atom stereocenters. The average Bonchev–Trinajstić information content (AvgIpc) is 3.18. The van der Waals surface area contributed by atoms with Crippen molar-refractivity contribution in [3.05, 3.63) is 54.4 Å². The van der Waals surface area contributed by atoms with Crippen LogP contribution in [0.5, 0.6) is 0 Å². The van der Waals surface area contributed by atoms with Crippen LogP contribution in [-0.2, 0) is 4.79 Å². The zero-order valence-electron chi connectivity index (χ0n) is 11.5. The molecular formula is C16H16N2O3. The van der Waals surface area contributed by atoms with Crippen LogP contribution < -0.4 is 0 Å². The lowest BCUT2D eigenvalue weighted by Crippen LogP contribution is -2.37. The normalized spacial score (nSPS) is 13.9. The number of nitrogens with zero attached hydrogens (tertiary/aromatic N) is 2. The molecule has 0 unspecified atom stereocenters. The molecule has 0 spiro atoms. The van der Waals surface area contributed by atoms with E-state index in [0.717, 1.165) is 18.5 Å². The Morgan fingerprint density at radius 2 is 1.76 bits per heavy atom. The standard InChI is InChI=1S/C16H16N2O3/c19-15(20)11-18(14-7-8-14)16(21)12-3-5-13(6-4-12)17-9-1-2-10-17/h1-6,9-10,14H,7-8,11H2,(H,19,20). The molecule has 2 aromatic rings. The molecule has 1 aromatic heterocycles. The van der Waals surface area contributed by atoms with Gasteiger partial charge >= 0.3 is 5.97 Å². The predicted molar refractivity (Wildman–Crippen MR) is 77.5 cm³/mol. The van der Waals surface area contributed by atoms with E-state index in [1.54, 1.807) is 12.1 Å². The highest BCUT2D eigenvalue weighted by atomic mass is 16.4. The van der Waals surface area contributed by atoms with Crippen molar-refractivity contribution in [3.63, 3.8) is 0 Å². The lowest BCUT2D eigenvalue weighted by molar-refractivity contribution is -0.137. The second-order valence-electron chi connectivity index (χ2n) is 5.20. The van der Waals surface area contributed by atoms with Gasteiger partial charge in [-0.3, -0.25) is 9.59 Å². The predicted octanol–water partition coefficient (Wildman–Crippen LogP) is 2.17. The fraction of sp³-hybridized carbons (Fsp3) is 0.250. The third-order valence-corrected chi connectivity index (χ3v) is 3.57. The van der Waals surface area contributed by atoms with Crippen molar-refractivity contribution >= 4 is 11.9 Å². The van der Waals surface area contributed by atoms with E-state index < -0.39 is 5.97 Å². The van der Waals surface area contributed by atoms with Gasteiger partial charge in [0, 0.05) is 29.7 Å². The fourth-order valence-corrected chi connectivity index (χ4v) is 2.35. The van der Waals surface area contributed by atoms with Gasteiger partial charge in [-0.25, -0.2) is 0 Å². The summed E-state index contributed by atoms with van der Waals surface area (Å²) < 4.78 is 1.95. The van der Waals surface area contributed by atoms with E-state index >= 15 is 0 Å². The minimum absolute atomic E-state index is 0.0812. The Bertz CT molecular complexity index is 643. The highest BCUT2D eigenvalue weighted by molar-refractivity contribution is 5.96. The first-order valence-corrected chi connectivity index (χ1v) is 6.91. The third-order valence-electron chi connectivity index (χ3n) is 3.57. The summed E-state index contributed by atoms with van der Waals surface area (Å²) in [7, 11) is 0. The molecular weight excluding hydrogens is 268 g/mol. The minimum atomic E-state index is -0.973. The molecule has 0 radical (unpaired) electrons. The number of hydrogen-bond acceptors (Lipinski definition) is 2. The topological polar surface area (TPSA) is 62.5 Å². The number of benzene rings is 1. The van der Waals surface area contributed by atoms with Gasteiger partial charge in [0.15, 0.2) is 0 Å². The van der Waals surface area contributed by atoms with Crippen molar-refractivity contribution in [2.45, 2.75) is 18.9 Å². The molecule has 5 heteroatoms. The zero-order chi connectivity index (χ0) is 14.8. The van der Waals surface area contributed by atoms with Crippen molar-refractivity contribution in [3.8, 4) is 5.69 Å². The van der Waals surface area contributed by atoms with Crippen LogP contribution in [0.3, 0.4) is 0 Å². The van der Waals surface area contributed by atoms with Crippen LogP contribution in [-0.4, -0.2) is 39.0 Å². The lowest BCUT2D eigenvalue weighted by Gasteiger charge is -2.20. The molecule has 108 valence electrons. The van der Waals surface area contributed by atoms with E-state index in [1.807, 2.05) is 41.2 Å². The first-order chi connectivity index (χ1) is 10.1. The van der Waals surface area contributed by atoms with Crippen LogP contribution in [0, 0.1) is 0 Å². The van der Waals surface area contributed by atoms with Crippen molar-refractivity contribution in [2.75, 3.05) is 6.54 Å². The summed E-state index contributed by atoms with van der Waals surface area (Å²) in [5, 5.41) is 8.93. The largest absolute Gasteiger partial charge is 0.480 e. The molecule has 1 aliphatic carbocycles. The number of carbonyl (C=O) groups is 2. The number of carboxylic acid groups (broad SMARTS) is 1. The monoisotopic (exact) mass is 284 g/mol. The first-order valence-electron chi connectivity index (χ1n) is 6.91. The van der Waals surface area contributed by atoms with Crippen LogP contribution >= 0.6 is 0 Å². The summed E-state index contributed by atoms with van der Waals surface area (Å²) in [6.07, 6.45) is 5.64. The van der Waals surface area contributed by atoms with Crippen molar-refractivity contribution in [1.82, 2.24) is 9.47 Å². The summed E-state index contributed by atoms with van der Waals surface area (Å²) in [6, 6.07) is 11.2. The van der Waals surface area contributed by atoms with E-state index in [4.69, 9.17) is 5.11 Å². The molecule has 21 heavy (non-hydrogen) atoms. The SMILES string of the molecule is O=C(O)CN(C(=O)c1ccc(-n2cccc2)cc1)C1CC1. The van der Waals surface area contributed by atoms with Gasteiger partial charge in [0.05, 0.1) is 0 Å². The summed E-state index contributed by atoms with van der Waals surface area (Å²) in [4.78, 5) is 24.8. The van der Waals surface area contributed by atoms with Gasteiger partial charge in [-0.1, -0.05) is 0 Å². The van der Waals surface area contributed by atoms with Gasteiger partial charge in [-0.2, -0.15) is 0 Å². The summed E-state index contributed by atoms with van der Waals surface area (Å²) in [6.45, 7) is -0.233. The zero-order valence-corrected chi connectivity index (χ0v) is 11.5. The summed E-state index contributed by atoms with van der Waals surface area (Å²) in [5.74, 6) is -1.18. The lowest BCUT2D eigenvalue weighted by atomic mass is 10.1. The first kappa shape index (κ1) is 13.4. The van der Waals surface area contributed by atoms with Gasteiger partial charge in [0.2, 0.25) is 0 Å². The highest BCUT2D eigenvalue weighted by Gasteiger charge is 2.34. The van der Waals surface area contributed by atoms with Gasteiger partial charge in [-0.05, 0) is 49.2 Å². The van der Waals surface area contributed by atoms with E-state index in [2.05, 4.69) is 0 Å². The number of amides is 1. The maximum Gasteiger partial charge on any atom is 0.323 e. The summed E-state index contributed by atoms with van der Waals surface area (Å²) >= 11 is 0.